The van der Waals surface area contributed by atoms with Gasteiger partial charge in [0, 0.05) is 6.20 Å². The minimum atomic E-state index is -0.859. The molecule has 1 rings (SSSR count). The first-order valence-electron chi connectivity index (χ1n) is 2.72. The van der Waals surface area contributed by atoms with Crippen LogP contribution in [0.5, 0.6) is 0 Å². The van der Waals surface area contributed by atoms with Gasteiger partial charge in [-0.1, -0.05) is 0 Å². The van der Waals surface area contributed by atoms with Gasteiger partial charge in [0.2, 0.25) is 0 Å². The van der Waals surface area contributed by atoms with Crippen LogP contribution in [0.2, 0.25) is 0 Å². The second kappa shape index (κ2) is 2.84. The number of nitrogens with two attached hydrogens (primary N) is 1. The summed E-state index contributed by atoms with van der Waals surface area (Å²) >= 11 is 5.03. The molecule has 0 amide bonds. The number of halogens is 2. The summed E-state index contributed by atoms with van der Waals surface area (Å²) in [5.74, 6) is -0.691. The molecule has 0 aliphatic carbocycles. The van der Waals surface area contributed by atoms with E-state index in [-0.39, 0.29) is 11.4 Å². The third-order valence-electron chi connectivity index (χ3n) is 1.12. The molecule has 0 aliphatic heterocycles. The van der Waals surface area contributed by atoms with Crippen LogP contribution in [0.4, 0.5) is 10.1 Å². The first-order valence-corrected chi connectivity index (χ1v) is 3.10. The summed E-state index contributed by atoms with van der Waals surface area (Å²) in [4.78, 5) is 14.0. The van der Waals surface area contributed by atoms with Gasteiger partial charge in [-0.15, -0.1) is 0 Å². The second-order valence-electron chi connectivity index (χ2n) is 1.83. The van der Waals surface area contributed by atoms with Gasteiger partial charge in [0.05, 0.1) is 5.69 Å². The Kier molecular flexibility index (Phi) is 2.05. The molecule has 0 saturated carbocycles. The zero-order valence-electron chi connectivity index (χ0n) is 5.34. The summed E-state index contributed by atoms with van der Waals surface area (Å²) in [6, 6.07) is 1.05. The van der Waals surface area contributed by atoms with Gasteiger partial charge in [0.25, 0.3) is 5.24 Å². The van der Waals surface area contributed by atoms with Crippen LogP contribution in [0, 0.1) is 5.82 Å². The molecule has 0 fully saturated rings. The lowest BCUT2D eigenvalue weighted by Gasteiger charge is -1.98. The Morgan fingerprint density at radius 1 is 1.73 bits per heavy atom. The molecule has 2 N–H and O–H groups in total. The number of carbonyl (C=O) groups excluding carboxylic acids is 1. The fourth-order valence-corrected chi connectivity index (χ4v) is 0.757. The van der Waals surface area contributed by atoms with Gasteiger partial charge in [-0.05, 0) is 17.7 Å². The highest BCUT2D eigenvalue weighted by Gasteiger charge is 2.10. The lowest BCUT2D eigenvalue weighted by atomic mass is 10.3. The fraction of sp³-hybridized carbons (Fsp3) is 0. The molecule has 0 aromatic carbocycles. The second-order valence-corrected chi connectivity index (χ2v) is 2.17. The first-order chi connectivity index (χ1) is 5.13. The highest BCUT2D eigenvalue weighted by molar-refractivity contribution is 6.68. The number of anilines is 1. The van der Waals surface area contributed by atoms with Crippen LogP contribution >= 0.6 is 11.6 Å². The summed E-state index contributed by atoms with van der Waals surface area (Å²) in [5, 5.41) is -0.859. The molecule has 0 radical (unpaired) electrons. The molecule has 1 aromatic heterocycles. The molecule has 0 spiro atoms. The largest absolute Gasteiger partial charge is 0.394 e. The quantitative estimate of drug-likeness (QED) is 0.651. The number of rotatable bonds is 1. The van der Waals surface area contributed by atoms with Gasteiger partial charge in [0.1, 0.15) is 11.5 Å². The van der Waals surface area contributed by atoms with Gasteiger partial charge in [0.15, 0.2) is 0 Å². The van der Waals surface area contributed by atoms with Crippen LogP contribution in [0.3, 0.4) is 0 Å². The minimum Gasteiger partial charge on any atom is -0.394 e. The molecule has 0 bridgehead atoms. The van der Waals surface area contributed by atoms with Crippen LogP contribution < -0.4 is 5.73 Å². The SMILES string of the molecule is Nc1c(F)ccnc1C(=O)Cl. The molecule has 0 aliphatic rings. The van der Waals surface area contributed by atoms with Crippen molar-refractivity contribution in [2.75, 3.05) is 5.73 Å². The molecule has 1 aromatic rings. The van der Waals surface area contributed by atoms with Gasteiger partial charge in [-0.25, -0.2) is 9.37 Å². The Labute approximate surface area is 67.0 Å². The Hall–Kier alpha value is -1.16. The van der Waals surface area contributed by atoms with Crippen molar-refractivity contribution in [2.45, 2.75) is 0 Å². The van der Waals surface area contributed by atoms with Crippen molar-refractivity contribution < 1.29 is 9.18 Å². The third kappa shape index (κ3) is 1.46. The van der Waals surface area contributed by atoms with Gasteiger partial charge >= 0.3 is 0 Å². The van der Waals surface area contributed by atoms with Crippen LogP contribution in [-0.4, -0.2) is 10.2 Å². The molecule has 3 nitrogen and oxygen atoms in total. The maximum Gasteiger partial charge on any atom is 0.273 e. The lowest BCUT2D eigenvalue weighted by molar-refractivity contribution is 0.107. The van der Waals surface area contributed by atoms with Crippen LogP contribution in [0.25, 0.3) is 0 Å². The Bertz CT molecular complexity index is 303. The van der Waals surface area contributed by atoms with Crippen molar-refractivity contribution in [2.24, 2.45) is 0 Å². The van der Waals surface area contributed by atoms with Crippen LogP contribution in [0.1, 0.15) is 10.5 Å². The molecule has 1 heterocycles. The van der Waals surface area contributed by atoms with Gasteiger partial charge < -0.3 is 5.73 Å². The van der Waals surface area contributed by atoms with E-state index in [0.717, 1.165) is 12.3 Å². The summed E-state index contributed by atoms with van der Waals surface area (Å²) < 4.78 is 12.6. The zero-order chi connectivity index (χ0) is 8.43. The van der Waals surface area contributed by atoms with Crippen molar-refractivity contribution in [1.29, 1.82) is 0 Å². The number of hydrogen-bond donors (Lipinski definition) is 1. The Balaban J connectivity index is 3.27. The molecule has 5 heteroatoms. The number of pyridine rings is 1. The minimum absolute atomic E-state index is 0.244. The standard InChI is InChI=1S/C6H4ClFN2O/c7-6(11)5-4(9)3(8)1-2-10-5/h1-2H,9H2. The molecule has 0 unspecified atom stereocenters. The van der Waals surface area contributed by atoms with Gasteiger partial charge in [-0.3, -0.25) is 4.79 Å². The monoisotopic (exact) mass is 174 g/mol. The normalized spacial score (nSPS) is 9.64. The topological polar surface area (TPSA) is 56.0 Å². The molecule has 0 atom stereocenters. The highest BCUT2D eigenvalue weighted by Crippen LogP contribution is 2.14. The van der Waals surface area contributed by atoms with Crippen molar-refractivity contribution in [3.8, 4) is 0 Å². The maximum absolute atomic E-state index is 12.6. The van der Waals surface area contributed by atoms with E-state index in [4.69, 9.17) is 17.3 Å². The highest BCUT2D eigenvalue weighted by atomic mass is 35.5. The zero-order valence-corrected chi connectivity index (χ0v) is 6.10. The van der Waals surface area contributed by atoms with Gasteiger partial charge in [-0.2, -0.15) is 0 Å². The lowest BCUT2D eigenvalue weighted by Crippen LogP contribution is -2.03. The number of nitrogens with zero attached hydrogens (tertiary/aromatic N) is 1. The summed E-state index contributed by atoms with van der Waals surface area (Å²) in [5.41, 5.74) is 4.58. The molecule has 0 saturated heterocycles. The smallest absolute Gasteiger partial charge is 0.273 e. The molecular formula is C6H4ClFN2O. The molecular weight excluding hydrogens is 171 g/mol. The average molecular weight is 175 g/mol. The number of hydrogen-bond acceptors (Lipinski definition) is 3. The van der Waals surface area contributed by atoms with E-state index >= 15 is 0 Å². The van der Waals surface area contributed by atoms with Crippen molar-refractivity contribution in [3.63, 3.8) is 0 Å². The predicted octanol–water partition coefficient (Wildman–Crippen LogP) is 1.18. The van der Waals surface area contributed by atoms with E-state index in [2.05, 4.69) is 4.98 Å². The van der Waals surface area contributed by atoms with Crippen molar-refractivity contribution in [3.05, 3.63) is 23.8 Å². The maximum atomic E-state index is 12.6. The van der Waals surface area contributed by atoms with Crippen molar-refractivity contribution in [1.82, 2.24) is 4.98 Å². The summed E-state index contributed by atoms with van der Waals surface area (Å²) in [7, 11) is 0. The summed E-state index contributed by atoms with van der Waals surface area (Å²) in [6.07, 6.45) is 1.13. The Morgan fingerprint density at radius 2 is 2.36 bits per heavy atom. The van der Waals surface area contributed by atoms with Crippen molar-refractivity contribution >= 4 is 22.5 Å². The van der Waals surface area contributed by atoms with E-state index in [1.165, 1.54) is 0 Å². The number of aromatic nitrogens is 1. The van der Waals surface area contributed by atoms with Crippen LogP contribution in [0.15, 0.2) is 12.3 Å². The first kappa shape index (κ1) is 7.94. The number of carbonyl (C=O) groups is 1. The van der Waals surface area contributed by atoms with E-state index < -0.39 is 11.1 Å². The van der Waals surface area contributed by atoms with E-state index in [0.29, 0.717) is 0 Å². The third-order valence-corrected chi connectivity index (χ3v) is 1.30. The predicted molar refractivity (Wildman–Crippen MR) is 38.8 cm³/mol. The van der Waals surface area contributed by atoms with E-state index in [1.54, 1.807) is 0 Å². The average Bonchev–Trinajstić information content (AvgIpc) is 1.94. The summed E-state index contributed by atoms with van der Waals surface area (Å²) in [6.45, 7) is 0. The molecule has 58 valence electrons. The number of nitrogen functional groups attached to an aromatic ring is 1. The fourth-order valence-electron chi connectivity index (χ4n) is 0.606. The van der Waals surface area contributed by atoms with E-state index in [9.17, 15) is 9.18 Å². The van der Waals surface area contributed by atoms with E-state index in [1.807, 2.05) is 0 Å². The van der Waals surface area contributed by atoms with Crippen LogP contribution in [-0.2, 0) is 0 Å². The molecule has 11 heavy (non-hydrogen) atoms. The Morgan fingerprint density at radius 3 is 2.82 bits per heavy atom.